The van der Waals surface area contributed by atoms with E-state index in [2.05, 4.69) is 5.32 Å². The van der Waals surface area contributed by atoms with Crippen molar-refractivity contribution in [2.45, 2.75) is 19.4 Å². The summed E-state index contributed by atoms with van der Waals surface area (Å²) >= 11 is 0. The Hall–Kier alpha value is -3.62. The van der Waals surface area contributed by atoms with Crippen molar-refractivity contribution in [3.8, 4) is 11.5 Å². The first-order valence-electron chi connectivity index (χ1n) is 8.06. The zero-order valence-electron chi connectivity index (χ0n) is 14.3. The Morgan fingerprint density at radius 3 is 2.74 bits per heavy atom. The van der Waals surface area contributed by atoms with Crippen LogP contribution in [0.4, 0.5) is 11.4 Å². The Kier molecular flexibility index (Phi) is 5.20. The molecule has 0 saturated heterocycles. The summed E-state index contributed by atoms with van der Waals surface area (Å²) in [6.45, 7) is 1.53. The number of rotatable bonds is 6. The van der Waals surface area contributed by atoms with Crippen molar-refractivity contribution < 1.29 is 28.7 Å². The first-order valence-corrected chi connectivity index (χ1v) is 8.06. The maximum absolute atomic E-state index is 12.2. The lowest BCUT2D eigenvalue weighted by atomic mass is 10.1. The molecule has 0 unspecified atom stereocenters. The molecule has 1 atom stereocenters. The van der Waals surface area contributed by atoms with Crippen molar-refractivity contribution in [3.63, 3.8) is 0 Å². The molecule has 0 bridgehead atoms. The topological polar surface area (TPSA) is 117 Å². The lowest BCUT2D eigenvalue weighted by Gasteiger charge is -2.14. The fraction of sp³-hybridized carbons (Fsp3) is 0.222. The van der Waals surface area contributed by atoms with Gasteiger partial charge in [-0.25, -0.2) is 0 Å². The third-order valence-corrected chi connectivity index (χ3v) is 3.84. The molecule has 1 amide bonds. The highest BCUT2D eigenvalue weighted by Gasteiger charge is 2.22. The molecule has 0 fully saturated rings. The highest BCUT2D eigenvalue weighted by Crippen LogP contribution is 2.34. The number of ether oxygens (including phenoxy) is 3. The molecular formula is C18H16N2O7. The quantitative estimate of drug-likeness (QED) is 0.470. The fourth-order valence-corrected chi connectivity index (χ4v) is 2.50. The van der Waals surface area contributed by atoms with Crippen LogP contribution in [0.3, 0.4) is 0 Å². The predicted molar refractivity (Wildman–Crippen MR) is 93.5 cm³/mol. The monoisotopic (exact) mass is 372 g/mol. The number of nitrogens with one attached hydrogen (secondary N) is 1. The molecule has 3 rings (SSSR count). The standard InChI is InChI=1S/C18H16N2O7/c1-11(18(22)19-13-6-7-15-16(9-13)26-10-25-15)27-17(21)8-12-4-2-3-5-14(12)20(23)24/h2-7,9,11H,8,10H2,1H3,(H,19,22)/t11-/m0/s1. The van der Waals surface area contributed by atoms with E-state index in [1.807, 2.05) is 0 Å². The van der Waals surface area contributed by atoms with Crippen LogP contribution < -0.4 is 14.8 Å². The number of nitro benzene ring substituents is 1. The third-order valence-electron chi connectivity index (χ3n) is 3.84. The normalized spacial score (nSPS) is 12.9. The minimum absolute atomic E-state index is 0.117. The highest BCUT2D eigenvalue weighted by atomic mass is 16.7. The zero-order chi connectivity index (χ0) is 19.4. The Balaban J connectivity index is 1.58. The van der Waals surface area contributed by atoms with E-state index in [9.17, 15) is 19.7 Å². The molecule has 2 aromatic rings. The van der Waals surface area contributed by atoms with Gasteiger partial charge in [-0.1, -0.05) is 18.2 Å². The molecule has 0 aliphatic carbocycles. The van der Waals surface area contributed by atoms with E-state index in [4.69, 9.17) is 14.2 Å². The number of carbonyl (C=O) groups excluding carboxylic acids is 2. The number of hydrogen-bond acceptors (Lipinski definition) is 7. The van der Waals surface area contributed by atoms with Gasteiger partial charge in [0.15, 0.2) is 17.6 Å². The maximum atomic E-state index is 12.2. The number of nitro groups is 1. The average Bonchev–Trinajstić information content (AvgIpc) is 3.09. The van der Waals surface area contributed by atoms with Crippen LogP contribution in [-0.4, -0.2) is 29.7 Å². The van der Waals surface area contributed by atoms with Crippen molar-refractivity contribution in [3.05, 3.63) is 58.1 Å². The molecule has 0 saturated carbocycles. The van der Waals surface area contributed by atoms with Crippen LogP contribution in [0.2, 0.25) is 0 Å². The van der Waals surface area contributed by atoms with Crippen LogP contribution in [0.5, 0.6) is 11.5 Å². The molecule has 0 radical (unpaired) electrons. The van der Waals surface area contributed by atoms with E-state index in [0.717, 1.165) is 0 Å². The van der Waals surface area contributed by atoms with Crippen LogP contribution in [0.1, 0.15) is 12.5 Å². The summed E-state index contributed by atoms with van der Waals surface area (Å²) in [7, 11) is 0. The molecule has 1 aliphatic rings. The van der Waals surface area contributed by atoms with Crippen LogP contribution in [-0.2, 0) is 20.7 Å². The Labute approximate surface area is 154 Å². The second-order valence-electron chi connectivity index (χ2n) is 5.75. The Morgan fingerprint density at radius 2 is 1.96 bits per heavy atom. The average molecular weight is 372 g/mol. The van der Waals surface area contributed by atoms with E-state index < -0.39 is 22.9 Å². The second kappa shape index (κ2) is 7.73. The van der Waals surface area contributed by atoms with Gasteiger partial charge in [0.05, 0.1) is 11.3 Å². The molecule has 0 aromatic heterocycles. The molecule has 1 heterocycles. The molecule has 27 heavy (non-hydrogen) atoms. The van der Waals surface area contributed by atoms with Gasteiger partial charge in [0.2, 0.25) is 6.79 Å². The molecule has 9 nitrogen and oxygen atoms in total. The van der Waals surface area contributed by atoms with Crippen molar-refractivity contribution in [2.75, 3.05) is 12.1 Å². The smallest absolute Gasteiger partial charge is 0.311 e. The SMILES string of the molecule is C[C@H](OC(=O)Cc1ccccc1[N+](=O)[O-])C(=O)Nc1ccc2c(c1)OCO2. The van der Waals surface area contributed by atoms with E-state index in [-0.39, 0.29) is 24.5 Å². The number of fused-ring (bicyclic) bond motifs is 1. The molecule has 1 aliphatic heterocycles. The van der Waals surface area contributed by atoms with Gasteiger partial charge in [-0.15, -0.1) is 0 Å². The molecule has 2 aromatic carbocycles. The number of amides is 1. The number of esters is 1. The van der Waals surface area contributed by atoms with Crippen LogP contribution in [0, 0.1) is 10.1 Å². The molecule has 140 valence electrons. The van der Waals surface area contributed by atoms with Crippen molar-refractivity contribution in [1.29, 1.82) is 0 Å². The Bertz CT molecular complexity index is 897. The van der Waals surface area contributed by atoms with Crippen molar-refractivity contribution in [2.24, 2.45) is 0 Å². The Morgan fingerprint density at radius 1 is 1.22 bits per heavy atom. The minimum atomic E-state index is -1.08. The van der Waals surface area contributed by atoms with E-state index in [0.29, 0.717) is 17.2 Å². The lowest BCUT2D eigenvalue weighted by Crippen LogP contribution is -2.30. The van der Waals surface area contributed by atoms with Crippen LogP contribution in [0.25, 0.3) is 0 Å². The van der Waals surface area contributed by atoms with Gasteiger partial charge < -0.3 is 19.5 Å². The number of benzene rings is 2. The minimum Gasteiger partial charge on any atom is -0.454 e. The third kappa shape index (κ3) is 4.32. The molecule has 1 N–H and O–H groups in total. The van der Waals surface area contributed by atoms with Gasteiger partial charge in [-0.05, 0) is 19.1 Å². The summed E-state index contributed by atoms with van der Waals surface area (Å²) < 4.78 is 15.5. The van der Waals surface area contributed by atoms with Gasteiger partial charge in [0.25, 0.3) is 11.6 Å². The van der Waals surface area contributed by atoms with Gasteiger partial charge in [0.1, 0.15) is 0 Å². The maximum Gasteiger partial charge on any atom is 0.311 e. The first kappa shape index (κ1) is 18.2. The zero-order valence-corrected chi connectivity index (χ0v) is 14.3. The lowest BCUT2D eigenvalue weighted by molar-refractivity contribution is -0.385. The number of hydrogen-bond donors (Lipinski definition) is 1. The van der Waals surface area contributed by atoms with Gasteiger partial charge >= 0.3 is 5.97 Å². The summed E-state index contributed by atoms with van der Waals surface area (Å²) in [5.41, 5.74) is 0.508. The van der Waals surface area contributed by atoms with E-state index in [1.165, 1.54) is 25.1 Å². The number of carbonyl (C=O) groups is 2. The van der Waals surface area contributed by atoms with Gasteiger partial charge in [0, 0.05) is 23.4 Å². The van der Waals surface area contributed by atoms with Crippen LogP contribution in [0.15, 0.2) is 42.5 Å². The van der Waals surface area contributed by atoms with Crippen LogP contribution >= 0.6 is 0 Å². The van der Waals surface area contributed by atoms with Crippen molar-refractivity contribution >= 4 is 23.3 Å². The summed E-state index contributed by atoms with van der Waals surface area (Å²) in [6, 6.07) is 10.8. The number of para-hydroxylation sites is 1. The predicted octanol–water partition coefficient (Wildman–Crippen LogP) is 2.44. The first-order chi connectivity index (χ1) is 12.9. The number of nitrogens with zero attached hydrogens (tertiary/aromatic N) is 1. The fourth-order valence-electron chi connectivity index (χ4n) is 2.50. The van der Waals surface area contributed by atoms with Gasteiger partial charge in [-0.2, -0.15) is 0 Å². The summed E-state index contributed by atoms with van der Waals surface area (Å²) in [5.74, 6) is -0.187. The van der Waals surface area contributed by atoms with Crippen molar-refractivity contribution in [1.82, 2.24) is 0 Å². The summed E-state index contributed by atoms with van der Waals surface area (Å²) in [6.07, 6.45) is -1.38. The highest BCUT2D eigenvalue weighted by molar-refractivity contribution is 5.95. The van der Waals surface area contributed by atoms with E-state index >= 15 is 0 Å². The summed E-state index contributed by atoms with van der Waals surface area (Å²) in [4.78, 5) is 34.7. The second-order valence-corrected chi connectivity index (χ2v) is 5.75. The van der Waals surface area contributed by atoms with E-state index in [1.54, 1.807) is 24.3 Å². The summed E-state index contributed by atoms with van der Waals surface area (Å²) in [5, 5.41) is 13.6. The number of anilines is 1. The van der Waals surface area contributed by atoms with Gasteiger partial charge in [-0.3, -0.25) is 19.7 Å². The molecular weight excluding hydrogens is 356 g/mol. The molecule has 0 spiro atoms. The largest absolute Gasteiger partial charge is 0.454 e. The molecule has 9 heteroatoms.